The molecule has 1 saturated heterocycles. The van der Waals surface area contributed by atoms with Crippen LogP contribution in [0.25, 0.3) is 0 Å². The van der Waals surface area contributed by atoms with Gasteiger partial charge in [-0.1, -0.05) is 0 Å². The standard InChI is InChI=1S/C18H19FN4O2/c1-22(2)17(25)18(15-12-20-9-10-21-15)8-3-11-23(18)16(24)13-4-6-14(19)7-5-13/h4-7,9-10,12H,3,8,11H2,1-2H3. The van der Waals surface area contributed by atoms with Crippen LogP contribution in [0.2, 0.25) is 0 Å². The lowest BCUT2D eigenvalue weighted by molar-refractivity contribution is -0.140. The fraction of sp³-hybridized carbons (Fsp3) is 0.333. The molecule has 0 aliphatic carbocycles. The third-order valence-corrected chi connectivity index (χ3v) is 4.46. The lowest BCUT2D eigenvalue weighted by Gasteiger charge is -2.38. The highest BCUT2D eigenvalue weighted by Crippen LogP contribution is 2.40. The second-order valence-electron chi connectivity index (χ2n) is 6.22. The first-order valence-electron chi connectivity index (χ1n) is 8.02. The Morgan fingerprint density at radius 2 is 1.92 bits per heavy atom. The highest BCUT2D eigenvalue weighted by molar-refractivity contribution is 5.99. The van der Waals surface area contributed by atoms with E-state index < -0.39 is 11.4 Å². The van der Waals surface area contributed by atoms with Gasteiger partial charge in [0.05, 0.1) is 11.9 Å². The molecule has 6 nitrogen and oxygen atoms in total. The monoisotopic (exact) mass is 342 g/mol. The molecule has 2 aromatic rings. The van der Waals surface area contributed by atoms with Crippen LogP contribution in [0, 0.1) is 5.82 Å². The second kappa shape index (κ2) is 6.58. The number of likely N-dealkylation sites (N-methyl/N-ethyl adjacent to an activating group) is 1. The fourth-order valence-corrected chi connectivity index (χ4v) is 3.32. The first-order chi connectivity index (χ1) is 12.0. The number of nitrogens with zero attached hydrogens (tertiary/aromatic N) is 4. The van der Waals surface area contributed by atoms with Crippen LogP contribution >= 0.6 is 0 Å². The molecule has 1 aliphatic rings. The molecule has 1 fully saturated rings. The number of carbonyl (C=O) groups excluding carboxylic acids is 2. The summed E-state index contributed by atoms with van der Waals surface area (Å²) in [6.07, 6.45) is 5.70. The summed E-state index contributed by atoms with van der Waals surface area (Å²) in [6.45, 7) is 0.423. The minimum atomic E-state index is -1.19. The molecule has 3 rings (SSSR count). The molecular weight excluding hydrogens is 323 g/mol. The van der Waals surface area contributed by atoms with Crippen LogP contribution in [-0.4, -0.2) is 52.2 Å². The Balaban J connectivity index is 2.09. The molecule has 1 atom stereocenters. The van der Waals surface area contributed by atoms with Gasteiger partial charge in [0, 0.05) is 38.6 Å². The SMILES string of the molecule is CN(C)C(=O)C1(c2cnccn2)CCCN1C(=O)c1ccc(F)cc1. The van der Waals surface area contributed by atoms with E-state index in [9.17, 15) is 14.0 Å². The Bertz CT molecular complexity index is 779. The van der Waals surface area contributed by atoms with E-state index in [0.29, 0.717) is 30.6 Å². The zero-order valence-corrected chi connectivity index (χ0v) is 14.1. The number of benzene rings is 1. The summed E-state index contributed by atoms with van der Waals surface area (Å²) >= 11 is 0. The maximum atomic E-state index is 13.2. The number of hydrogen-bond donors (Lipinski definition) is 0. The average molecular weight is 342 g/mol. The van der Waals surface area contributed by atoms with Gasteiger partial charge in [-0.25, -0.2) is 4.39 Å². The molecule has 1 unspecified atom stereocenters. The van der Waals surface area contributed by atoms with Crippen molar-refractivity contribution in [2.24, 2.45) is 0 Å². The lowest BCUT2D eigenvalue weighted by atomic mass is 9.89. The minimum absolute atomic E-state index is 0.221. The largest absolute Gasteiger partial charge is 0.346 e. The average Bonchev–Trinajstić information content (AvgIpc) is 3.07. The van der Waals surface area contributed by atoms with E-state index in [2.05, 4.69) is 9.97 Å². The van der Waals surface area contributed by atoms with Crippen molar-refractivity contribution >= 4 is 11.8 Å². The number of halogens is 1. The molecule has 0 spiro atoms. The third kappa shape index (κ3) is 2.86. The molecule has 1 aromatic carbocycles. The van der Waals surface area contributed by atoms with Crippen LogP contribution in [0.15, 0.2) is 42.9 Å². The van der Waals surface area contributed by atoms with Gasteiger partial charge in [-0.15, -0.1) is 0 Å². The third-order valence-electron chi connectivity index (χ3n) is 4.46. The zero-order chi connectivity index (χ0) is 18.0. The molecular formula is C18H19FN4O2. The summed E-state index contributed by atoms with van der Waals surface area (Å²) in [4.78, 5) is 37.5. The van der Waals surface area contributed by atoms with Crippen molar-refractivity contribution in [3.8, 4) is 0 Å². The van der Waals surface area contributed by atoms with E-state index in [0.717, 1.165) is 0 Å². The molecule has 0 radical (unpaired) electrons. The number of carbonyl (C=O) groups is 2. The molecule has 7 heteroatoms. The number of likely N-dealkylation sites (tertiary alicyclic amines) is 1. The van der Waals surface area contributed by atoms with Crippen molar-refractivity contribution in [3.63, 3.8) is 0 Å². The maximum absolute atomic E-state index is 13.2. The van der Waals surface area contributed by atoms with Gasteiger partial charge in [0.15, 0.2) is 5.54 Å². The Morgan fingerprint density at radius 3 is 2.52 bits per heavy atom. The van der Waals surface area contributed by atoms with Crippen LogP contribution in [0.3, 0.4) is 0 Å². The van der Waals surface area contributed by atoms with Gasteiger partial charge in [-0.3, -0.25) is 19.6 Å². The van der Waals surface area contributed by atoms with Crippen molar-refractivity contribution < 1.29 is 14.0 Å². The van der Waals surface area contributed by atoms with E-state index in [4.69, 9.17) is 0 Å². The molecule has 0 saturated carbocycles. The van der Waals surface area contributed by atoms with Crippen molar-refractivity contribution in [1.29, 1.82) is 0 Å². The Morgan fingerprint density at radius 1 is 1.20 bits per heavy atom. The molecule has 130 valence electrons. The van der Waals surface area contributed by atoms with Crippen molar-refractivity contribution in [2.45, 2.75) is 18.4 Å². The van der Waals surface area contributed by atoms with Crippen LogP contribution in [-0.2, 0) is 10.3 Å². The summed E-state index contributed by atoms with van der Waals surface area (Å²) < 4.78 is 13.2. The van der Waals surface area contributed by atoms with Gasteiger partial charge in [0.1, 0.15) is 5.82 Å². The molecule has 2 heterocycles. The van der Waals surface area contributed by atoms with Gasteiger partial charge < -0.3 is 9.80 Å². The molecule has 25 heavy (non-hydrogen) atoms. The first-order valence-corrected chi connectivity index (χ1v) is 8.02. The number of rotatable bonds is 3. The van der Waals surface area contributed by atoms with Crippen LogP contribution in [0.4, 0.5) is 4.39 Å². The minimum Gasteiger partial charge on any atom is -0.346 e. The molecule has 1 aliphatic heterocycles. The summed E-state index contributed by atoms with van der Waals surface area (Å²) in [5.41, 5.74) is -0.409. The quantitative estimate of drug-likeness (QED) is 0.854. The van der Waals surface area contributed by atoms with Gasteiger partial charge in [-0.2, -0.15) is 0 Å². The maximum Gasteiger partial charge on any atom is 0.255 e. The summed E-state index contributed by atoms with van der Waals surface area (Å²) in [5, 5.41) is 0. The van der Waals surface area contributed by atoms with Crippen LogP contribution < -0.4 is 0 Å². The van der Waals surface area contributed by atoms with Crippen molar-refractivity contribution in [2.75, 3.05) is 20.6 Å². The smallest absolute Gasteiger partial charge is 0.255 e. The van der Waals surface area contributed by atoms with E-state index >= 15 is 0 Å². The molecule has 2 amide bonds. The highest BCUT2D eigenvalue weighted by Gasteiger charge is 2.53. The zero-order valence-electron chi connectivity index (χ0n) is 14.1. The normalized spacial score (nSPS) is 19.7. The Labute approximate surface area is 145 Å². The van der Waals surface area contributed by atoms with Gasteiger partial charge in [-0.05, 0) is 37.1 Å². The fourth-order valence-electron chi connectivity index (χ4n) is 3.32. The van der Waals surface area contributed by atoms with E-state index in [-0.39, 0.29) is 11.8 Å². The number of hydrogen-bond acceptors (Lipinski definition) is 4. The molecule has 1 aromatic heterocycles. The summed E-state index contributed by atoms with van der Waals surface area (Å²) in [7, 11) is 3.30. The second-order valence-corrected chi connectivity index (χ2v) is 6.22. The first kappa shape index (κ1) is 17.0. The van der Waals surface area contributed by atoms with Gasteiger partial charge in [0.2, 0.25) is 0 Å². The Kier molecular flexibility index (Phi) is 4.48. The van der Waals surface area contributed by atoms with E-state index in [1.165, 1.54) is 52.7 Å². The molecule has 0 bridgehead atoms. The molecule has 0 N–H and O–H groups in total. The van der Waals surface area contributed by atoms with Gasteiger partial charge in [0.25, 0.3) is 11.8 Å². The van der Waals surface area contributed by atoms with Crippen LogP contribution in [0.1, 0.15) is 28.9 Å². The van der Waals surface area contributed by atoms with Gasteiger partial charge >= 0.3 is 0 Å². The number of amides is 2. The predicted octanol–water partition coefficient (Wildman–Crippen LogP) is 1.84. The van der Waals surface area contributed by atoms with Crippen LogP contribution in [0.5, 0.6) is 0 Å². The predicted molar refractivity (Wildman–Crippen MR) is 89.1 cm³/mol. The Hall–Kier alpha value is -2.83. The van der Waals surface area contributed by atoms with E-state index in [1.807, 2.05) is 0 Å². The number of aromatic nitrogens is 2. The summed E-state index contributed by atoms with van der Waals surface area (Å²) in [5.74, 6) is -0.957. The van der Waals surface area contributed by atoms with E-state index in [1.54, 1.807) is 14.1 Å². The topological polar surface area (TPSA) is 66.4 Å². The van der Waals surface area contributed by atoms with Crippen molar-refractivity contribution in [3.05, 3.63) is 59.9 Å². The van der Waals surface area contributed by atoms with Crippen molar-refractivity contribution in [1.82, 2.24) is 19.8 Å². The lowest BCUT2D eigenvalue weighted by Crippen LogP contribution is -2.55. The summed E-state index contributed by atoms with van der Waals surface area (Å²) in [6, 6.07) is 5.33. The highest BCUT2D eigenvalue weighted by atomic mass is 19.1.